The van der Waals surface area contributed by atoms with Crippen molar-refractivity contribution in [2.75, 3.05) is 32.8 Å². The van der Waals surface area contributed by atoms with Crippen LogP contribution in [0.15, 0.2) is 77.7 Å². The lowest BCUT2D eigenvalue weighted by atomic mass is 9.98. The van der Waals surface area contributed by atoms with Gasteiger partial charge in [-0.3, -0.25) is 0 Å². The summed E-state index contributed by atoms with van der Waals surface area (Å²) in [6, 6.07) is 22.6. The van der Waals surface area contributed by atoms with Crippen molar-refractivity contribution in [3.05, 3.63) is 72.8 Å². The van der Waals surface area contributed by atoms with Gasteiger partial charge in [-0.15, -0.1) is 0 Å². The van der Waals surface area contributed by atoms with Gasteiger partial charge in [0.1, 0.15) is 18.5 Å². The van der Waals surface area contributed by atoms with Crippen LogP contribution in [0.1, 0.15) is 12.8 Å². The lowest BCUT2D eigenvalue weighted by Gasteiger charge is -2.31. The second-order valence-electron chi connectivity index (χ2n) is 9.13. The Morgan fingerprint density at radius 2 is 1.69 bits per heavy atom. The van der Waals surface area contributed by atoms with Crippen LogP contribution < -0.4 is 10.1 Å². The predicted molar refractivity (Wildman–Crippen MR) is 138 cm³/mol. The van der Waals surface area contributed by atoms with Crippen LogP contribution in [0.3, 0.4) is 0 Å². The number of aliphatic hydroxyl groups excluding tert-OH is 1. The van der Waals surface area contributed by atoms with E-state index in [1.807, 2.05) is 42.5 Å². The quantitative estimate of drug-likeness (QED) is 0.330. The maximum Gasteiger partial charge on any atom is 0.243 e. The zero-order valence-electron chi connectivity index (χ0n) is 19.6. The molecule has 8 heteroatoms. The monoisotopic (exact) mass is 493 g/mol. The van der Waals surface area contributed by atoms with Gasteiger partial charge in [-0.2, -0.15) is 4.31 Å². The molecule has 1 saturated heterocycles. The van der Waals surface area contributed by atoms with E-state index in [1.165, 1.54) is 0 Å². The van der Waals surface area contributed by atoms with Crippen LogP contribution in [0.5, 0.6) is 5.75 Å². The smallest absolute Gasteiger partial charge is 0.243 e. The lowest BCUT2D eigenvalue weighted by Crippen LogP contribution is -2.42. The number of nitrogens with zero attached hydrogens (tertiary/aromatic N) is 1. The topological polar surface area (TPSA) is 94.7 Å². The molecule has 184 valence electrons. The fourth-order valence-corrected chi connectivity index (χ4v) is 6.27. The van der Waals surface area contributed by atoms with Gasteiger partial charge in [-0.05, 0) is 55.6 Å². The Morgan fingerprint density at radius 3 is 2.49 bits per heavy atom. The third kappa shape index (κ3) is 5.21. The number of aliphatic hydroxyl groups is 1. The van der Waals surface area contributed by atoms with Crippen LogP contribution >= 0.6 is 0 Å². The van der Waals surface area contributed by atoms with E-state index in [-0.39, 0.29) is 6.61 Å². The highest BCUT2D eigenvalue weighted by atomic mass is 32.2. The van der Waals surface area contributed by atoms with Gasteiger partial charge in [-0.25, -0.2) is 8.42 Å². The summed E-state index contributed by atoms with van der Waals surface area (Å²) in [7, 11) is -3.42. The summed E-state index contributed by atoms with van der Waals surface area (Å²) in [5, 5.41) is 15.9. The zero-order valence-corrected chi connectivity index (χ0v) is 20.4. The van der Waals surface area contributed by atoms with E-state index in [0.717, 1.165) is 46.9 Å². The van der Waals surface area contributed by atoms with Gasteiger partial charge < -0.3 is 20.1 Å². The van der Waals surface area contributed by atoms with Gasteiger partial charge in [0.15, 0.2) is 0 Å². The van der Waals surface area contributed by atoms with Gasteiger partial charge in [0.25, 0.3) is 0 Å². The van der Waals surface area contributed by atoms with Gasteiger partial charge in [0.05, 0.1) is 10.4 Å². The molecular formula is C27H31N3O4S. The highest BCUT2D eigenvalue weighted by Gasteiger charge is 2.29. The molecule has 0 aliphatic carbocycles. The fraction of sp³-hybridized carbons (Fsp3) is 0.333. The first kappa shape index (κ1) is 23.8. The number of ether oxygens (including phenoxy) is 1. The molecule has 0 bridgehead atoms. The summed E-state index contributed by atoms with van der Waals surface area (Å²) in [5.74, 6) is 1.14. The minimum absolute atomic E-state index is 0.194. The Bertz CT molecular complexity index is 1380. The van der Waals surface area contributed by atoms with E-state index in [4.69, 9.17) is 4.74 Å². The number of fused-ring (bicyclic) bond motifs is 3. The molecule has 0 amide bonds. The first-order valence-electron chi connectivity index (χ1n) is 12.1. The van der Waals surface area contributed by atoms with Crippen molar-refractivity contribution in [3.63, 3.8) is 0 Å². The fourth-order valence-electron chi connectivity index (χ4n) is 4.78. The van der Waals surface area contributed by atoms with E-state index in [1.54, 1.807) is 28.6 Å². The minimum atomic E-state index is -3.42. The maximum absolute atomic E-state index is 12.8. The Balaban J connectivity index is 1.08. The number of nitrogens with one attached hydrogen (secondary N) is 2. The third-order valence-electron chi connectivity index (χ3n) is 6.69. The summed E-state index contributed by atoms with van der Waals surface area (Å²) >= 11 is 0. The number of piperidine rings is 1. The molecule has 1 atom stereocenters. The van der Waals surface area contributed by atoms with E-state index in [9.17, 15) is 13.5 Å². The van der Waals surface area contributed by atoms with Crippen molar-refractivity contribution in [2.24, 2.45) is 5.92 Å². The van der Waals surface area contributed by atoms with Crippen LogP contribution in [-0.4, -0.2) is 61.7 Å². The first-order valence-corrected chi connectivity index (χ1v) is 13.5. The molecule has 3 aromatic carbocycles. The van der Waals surface area contributed by atoms with Crippen molar-refractivity contribution < 1.29 is 18.3 Å². The number of H-pyrrole nitrogens is 1. The van der Waals surface area contributed by atoms with Crippen LogP contribution in [0.2, 0.25) is 0 Å². The molecule has 7 nitrogen and oxygen atoms in total. The highest BCUT2D eigenvalue weighted by molar-refractivity contribution is 7.89. The van der Waals surface area contributed by atoms with Gasteiger partial charge in [0, 0.05) is 35.9 Å². The molecule has 5 rings (SSSR count). The third-order valence-corrected chi connectivity index (χ3v) is 8.60. The summed E-state index contributed by atoms with van der Waals surface area (Å²) in [4.78, 5) is 3.75. The van der Waals surface area contributed by atoms with Crippen LogP contribution in [-0.2, 0) is 10.0 Å². The standard InChI is InChI=1S/C27H31N3O4S/c31-21(19-34-26-12-6-11-25-27(26)23-9-4-5-10-24(23)29-25)18-28-17-20-13-15-30(16-14-20)35(32,33)22-7-2-1-3-8-22/h1-12,20-21,28-29,31H,13-19H2/t21-/m0/s1. The Labute approximate surface area is 205 Å². The Hall–Kier alpha value is -2.91. The molecule has 1 aliphatic heterocycles. The average molecular weight is 494 g/mol. The number of para-hydroxylation sites is 1. The van der Waals surface area contributed by atoms with E-state index in [0.29, 0.717) is 30.4 Å². The molecule has 35 heavy (non-hydrogen) atoms. The molecule has 4 aromatic rings. The first-order chi connectivity index (χ1) is 17.0. The Morgan fingerprint density at radius 1 is 0.971 bits per heavy atom. The van der Waals surface area contributed by atoms with E-state index >= 15 is 0 Å². The van der Waals surface area contributed by atoms with Crippen molar-refractivity contribution in [1.82, 2.24) is 14.6 Å². The second kappa shape index (κ2) is 10.4. The van der Waals surface area contributed by atoms with E-state index in [2.05, 4.69) is 16.4 Å². The SMILES string of the molecule is O=S(=O)(c1ccccc1)N1CCC(CNC[C@H](O)COc2cccc3[nH]c4ccccc4c23)CC1. The summed E-state index contributed by atoms with van der Waals surface area (Å²) in [6.07, 6.45) is 0.955. The highest BCUT2D eigenvalue weighted by Crippen LogP contribution is 2.33. The molecule has 1 fully saturated rings. The average Bonchev–Trinajstić information content (AvgIpc) is 3.28. The molecule has 0 saturated carbocycles. The molecule has 0 spiro atoms. The van der Waals surface area contributed by atoms with Gasteiger partial charge in [0.2, 0.25) is 10.0 Å². The predicted octanol–water partition coefficient (Wildman–Crippen LogP) is 3.75. The number of sulfonamides is 1. The molecule has 1 aliphatic rings. The van der Waals surface area contributed by atoms with Crippen LogP contribution in [0.4, 0.5) is 0 Å². The number of rotatable bonds is 9. The summed E-state index contributed by atoms with van der Waals surface area (Å²) in [5.41, 5.74) is 2.07. The molecule has 0 unspecified atom stereocenters. The summed E-state index contributed by atoms with van der Waals surface area (Å²) in [6.45, 7) is 2.40. The lowest BCUT2D eigenvalue weighted by molar-refractivity contribution is 0.105. The molecule has 3 N–H and O–H groups in total. The van der Waals surface area contributed by atoms with Gasteiger partial charge in [-0.1, -0.05) is 42.5 Å². The minimum Gasteiger partial charge on any atom is -0.490 e. The Kier molecular flexibility index (Phi) is 7.06. The summed E-state index contributed by atoms with van der Waals surface area (Å²) < 4.78 is 33.1. The number of aromatic nitrogens is 1. The van der Waals surface area contributed by atoms with E-state index < -0.39 is 16.1 Å². The maximum atomic E-state index is 12.8. The second-order valence-corrected chi connectivity index (χ2v) is 11.1. The van der Waals surface area contributed by atoms with Crippen LogP contribution in [0.25, 0.3) is 21.8 Å². The number of hydrogen-bond donors (Lipinski definition) is 3. The number of benzene rings is 3. The normalized spacial score (nSPS) is 16.6. The zero-order chi connectivity index (χ0) is 24.3. The molecule has 1 aromatic heterocycles. The number of hydrogen-bond acceptors (Lipinski definition) is 5. The number of aromatic amines is 1. The molecule has 0 radical (unpaired) electrons. The van der Waals surface area contributed by atoms with Gasteiger partial charge >= 0.3 is 0 Å². The van der Waals surface area contributed by atoms with Crippen molar-refractivity contribution in [1.29, 1.82) is 0 Å². The molecular weight excluding hydrogens is 462 g/mol. The van der Waals surface area contributed by atoms with Crippen LogP contribution in [0, 0.1) is 5.92 Å². The molecule has 2 heterocycles. The largest absolute Gasteiger partial charge is 0.490 e. The van der Waals surface area contributed by atoms with Crippen molar-refractivity contribution in [2.45, 2.75) is 23.8 Å². The van der Waals surface area contributed by atoms with Crippen molar-refractivity contribution in [3.8, 4) is 5.75 Å². The van der Waals surface area contributed by atoms with Crippen molar-refractivity contribution >= 4 is 31.8 Å².